The minimum atomic E-state index is -4.00. The van der Waals surface area contributed by atoms with Crippen molar-refractivity contribution in [3.05, 3.63) is 23.2 Å². The van der Waals surface area contributed by atoms with Crippen LogP contribution in [0, 0.1) is 5.92 Å². The summed E-state index contributed by atoms with van der Waals surface area (Å²) in [4.78, 5) is 11.1. The molecule has 0 aliphatic carbocycles. The summed E-state index contributed by atoms with van der Waals surface area (Å²) >= 11 is 6.07. The van der Waals surface area contributed by atoms with Crippen LogP contribution in [-0.4, -0.2) is 44.6 Å². The summed E-state index contributed by atoms with van der Waals surface area (Å²) in [6.45, 7) is 6.30. The summed E-state index contributed by atoms with van der Waals surface area (Å²) in [7, 11) is -4.00. The second kappa shape index (κ2) is 8.50. The zero-order valence-electron chi connectivity index (χ0n) is 14.9. The summed E-state index contributed by atoms with van der Waals surface area (Å²) in [5, 5.41) is 11.4. The molecule has 1 aliphatic heterocycles. The maximum atomic E-state index is 12.7. The summed E-state index contributed by atoms with van der Waals surface area (Å²) in [6.07, 6.45) is 2.70. The summed E-state index contributed by atoms with van der Waals surface area (Å²) in [6, 6.07) is 4.04. The van der Waals surface area contributed by atoms with Gasteiger partial charge in [-0.05, 0) is 31.5 Å². The smallest absolute Gasteiger partial charge is 0.285 e. The van der Waals surface area contributed by atoms with Gasteiger partial charge in [0.15, 0.2) is 0 Å². The van der Waals surface area contributed by atoms with Crippen LogP contribution in [0.15, 0.2) is 32.6 Å². The Hall–Kier alpha value is -2.13. The Morgan fingerprint density at radius 1 is 1.42 bits per heavy atom. The molecule has 1 aromatic rings. The number of hydrazone groups is 1. The number of halogens is 1. The third kappa shape index (κ3) is 4.95. The highest BCUT2D eigenvalue weighted by molar-refractivity contribution is 7.90. The lowest BCUT2D eigenvalue weighted by atomic mass is 10.1. The van der Waals surface area contributed by atoms with Crippen molar-refractivity contribution in [3.8, 4) is 0 Å². The number of sulfonamides is 1. The van der Waals surface area contributed by atoms with E-state index in [-0.39, 0.29) is 27.7 Å². The molecule has 10 heteroatoms. The minimum absolute atomic E-state index is 0.0674. The van der Waals surface area contributed by atoms with Gasteiger partial charge < -0.3 is 10.6 Å². The maximum Gasteiger partial charge on any atom is 0.285 e. The normalized spacial score (nSPS) is 17.5. The topological polar surface area (TPSA) is 103 Å². The van der Waals surface area contributed by atoms with Crippen LogP contribution < -0.4 is 10.6 Å². The maximum absolute atomic E-state index is 12.7. The van der Waals surface area contributed by atoms with Gasteiger partial charge in [-0.1, -0.05) is 18.5 Å². The molecule has 0 saturated carbocycles. The molecule has 142 valence electrons. The standard InChI is InChI=1S/C16H22ClN5O3S/c1-4-12-9-19-22(10-12)16(18-5-2)21-26(24,25)13-6-7-15(14(17)8-13)20-11(3)23/h6-9,12H,4-5,10H2,1-3H3,(H,18,21)(H,20,23). The van der Waals surface area contributed by atoms with Crippen molar-refractivity contribution in [3.63, 3.8) is 0 Å². The van der Waals surface area contributed by atoms with Gasteiger partial charge in [-0.25, -0.2) is 5.01 Å². The van der Waals surface area contributed by atoms with Gasteiger partial charge in [-0.15, -0.1) is 4.40 Å². The highest BCUT2D eigenvalue weighted by atomic mass is 35.5. The van der Waals surface area contributed by atoms with Crippen LogP contribution in [0.4, 0.5) is 5.69 Å². The summed E-state index contributed by atoms with van der Waals surface area (Å²) in [5.74, 6) is 0.127. The largest absolute Gasteiger partial charge is 0.354 e. The summed E-state index contributed by atoms with van der Waals surface area (Å²) in [5.41, 5.74) is 0.337. The molecule has 0 radical (unpaired) electrons. The quantitative estimate of drug-likeness (QED) is 0.584. The van der Waals surface area contributed by atoms with Gasteiger partial charge in [0.1, 0.15) is 0 Å². The molecule has 1 aliphatic rings. The molecule has 0 fully saturated rings. The molecule has 8 nitrogen and oxygen atoms in total. The number of carbonyl (C=O) groups is 1. The van der Waals surface area contributed by atoms with Crippen molar-refractivity contribution < 1.29 is 13.2 Å². The predicted octanol–water partition coefficient (Wildman–Crippen LogP) is 2.28. The number of hydrogen-bond acceptors (Lipinski definition) is 4. The van der Waals surface area contributed by atoms with Gasteiger partial charge in [0.25, 0.3) is 10.0 Å². The first-order valence-corrected chi connectivity index (χ1v) is 10.1. The Morgan fingerprint density at radius 3 is 2.69 bits per heavy atom. The molecule has 0 bridgehead atoms. The first-order valence-electron chi connectivity index (χ1n) is 8.24. The van der Waals surface area contributed by atoms with E-state index in [9.17, 15) is 13.2 Å². The molecule has 2 N–H and O–H groups in total. The lowest BCUT2D eigenvalue weighted by Gasteiger charge is -2.18. The zero-order valence-corrected chi connectivity index (χ0v) is 16.4. The van der Waals surface area contributed by atoms with Crippen molar-refractivity contribution >= 4 is 45.4 Å². The van der Waals surface area contributed by atoms with Crippen LogP contribution in [0.3, 0.4) is 0 Å². The summed E-state index contributed by atoms with van der Waals surface area (Å²) < 4.78 is 29.2. The van der Waals surface area contributed by atoms with Gasteiger partial charge in [0.2, 0.25) is 11.9 Å². The predicted molar refractivity (Wildman–Crippen MR) is 103 cm³/mol. The fourth-order valence-corrected chi connectivity index (χ4v) is 3.60. The lowest BCUT2D eigenvalue weighted by Crippen LogP contribution is -2.38. The molecular formula is C16H22ClN5O3S. The molecular weight excluding hydrogens is 378 g/mol. The molecule has 1 unspecified atom stereocenters. The van der Waals surface area contributed by atoms with E-state index in [0.29, 0.717) is 18.8 Å². The molecule has 26 heavy (non-hydrogen) atoms. The fourth-order valence-electron chi connectivity index (χ4n) is 2.31. The fraction of sp³-hybridized carbons (Fsp3) is 0.438. The number of benzene rings is 1. The number of amides is 1. The third-order valence-corrected chi connectivity index (χ3v) is 5.26. The Morgan fingerprint density at radius 2 is 2.15 bits per heavy atom. The molecule has 0 aromatic heterocycles. The van der Waals surface area contributed by atoms with E-state index in [2.05, 4.69) is 20.1 Å². The van der Waals surface area contributed by atoms with E-state index in [1.807, 2.05) is 13.8 Å². The van der Waals surface area contributed by atoms with Gasteiger partial charge in [-0.2, -0.15) is 13.5 Å². The molecule has 0 saturated heterocycles. The van der Waals surface area contributed by atoms with Crippen LogP contribution in [0.1, 0.15) is 27.2 Å². The first-order chi connectivity index (χ1) is 12.3. The molecule has 1 amide bonds. The highest BCUT2D eigenvalue weighted by Crippen LogP contribution is 2.26. The number of hydrogen-bond donors (Lipinski definition) is 2. The number of rotatable bonds is 5. The average Bonchev–Trinajstić information content (AvgIpc) is 3.05. The number of guanidine groups is 1. The van der Waals surface area contributed by atoms with E-state index >= 15 is 0 Å². The first kappa shape index (κ1) is 20.2. The number of anilines is 1. The van der Waals surface area contributed by atoms with Crippen LogP contribution in [0.25, 0.3) is 0 Å². The Kier molecular flexibility index (Phi) is 6.60. The van der Waals surface area contributed by atoms with Gasteiger partial charge in [0, 0.05) is 25.6 Å². The van der Waals surface area contributed by atoms with E-state index in [1.54, 1.807) is 11.2 Å². The molecule has 1 aromatic carbocycles. The van der Waals surface area contributed by atoms with Crippen LogP contribution >= 0.6 is 11.6 Å². The van der Waals surface area contributed by atoms with Gasteiger partial charge >= 0.3 is 0 Å². The van der Waals surface area contributed by atoms with Gasteiger partial charge in [0.05, 0.1) is 22.2 Å². The minimum Gasteiger partial charge on any atom is -0.354 e. The number of carbonyl (C=O) groups excluding carboxylic acids is 1. The highest BCUT2D eigenvalue weighted by Gasteiger charge is 2.23. The third-order valence-electron chi connectivity index (χ3n) is 3.68. The number of nitrogens with zero attached hydrogens (tertiary/aromatic N) is 3. The molecule has 1 atom stereocenters. The zero-order chi connectivity index (χ0) is 19.3. The van der Waals surface area contributed by atoms with Crippen molar-refractivity contribution in [2.45, 2.75) is 32.1 Å². The Balaban J connectivity index is 2.32. The second-order valence-corrected chi connectivity index (χ2v) is 7.77. The SMILES string of the molecule is CCN/C(=N\S(=O)(=O)c1ccc(NC(C)=O)c(Cl)c1)N1CC(CC)C=N1. The molecule has 1 heterocycles. The molecule has 2 rings (SSSR count). The van der Waals surface area contributed by atoms with E-state index < -0.39 is 10.0 Å². The van der Waals surface area contributed by atoms with Crippen molar-refractivity contribution in [2.75, 3.05) is 18.4 Å². The van der Waals surface area contributed by atoms with Crippen molar-refractivity contribution in [1.29, 1.82) is 0 Å². The molecule has 0 spiro atoms. The van der Waals surface area contributed by atoms with Crippen LogP contribution in [-0.2, 0) is 14.8 Å². The Labute approximate surface area is 158 Å². The van der Waals surface area contributed by atoms with E-state index in [4.69, 9.17) is 11.6 Å². The van der Waals surface area contributed by atoms with Gasteiger partial charge in [-0.3, -0.25) is 4.79 Å². The number of nitrogens with one attached hydrogen (secondary N) is 2. The average molecular weight is 400 g/mol. The van der Waals surface area contributed by atoms with E-state index in [1.165, 1.54) is 25.1 Å². The second-order valence-electron chi connectivity index (χ2n) is 5.76. The Bertz CT molecular complexity index is 838. The van der Waals surface area contributed by atoms with Crippen molar-refractivity contribution in [1.82, 2.24) is 10.3 Å². The van der Waals surface area contributed by atoms with Crippen LogP contribution in [0.5, 0.6) is 0 Å². The van der Waals surface area contributed by atoms with Crippen molar-refractivity contribution in [2.24, 2.45) is 15.4 Å². The van der Waals surface area contributed by atoms with Crippen LogP contribution in [0.2, 0.25) is 5.02 Å². The monoisotopic (exact) mass is 399 g/mol. The van der Waals surface area contributed by atoms with E-state index in [0.717, 1.165) is 6.42 Å². The lowest BCUT2D eigenvalue weighted by molar-refractivity contribution is -0.114.